The number of rotatable bonds is 3. The van der Waals surface area contributed by atoms with E-state index in [1.807, 2.05) is 42.5 Å². The number of anilines is 2. The summed E-state index contributed by atoms with van der Waals surface area (Å²) in [6.07, 6.45) is -0.747. The number of hydrogen-bond donors (Lipinski definition) is 1. The first kappa shape index (κ1) is 17.0. The highest BCUT2D eigenvalue weighted by Crippen LogP contribution is 2.33. The van der Waals surface area contributed by atoms with Gasteiger partial charge in [0, 0.05) is 12.6 Å². The summed E-state index contributed by atoms with van der Waals surface area (Å²) in [6.45, 7) is 5.93. The minimum absolute atomic E-state index is 0.116. The number of para-hydroxylation sites is 2. The van der Waals surface area contributed by atoms with Gasteiger partial charge in [-0.2, -0.15) is 0 Å². The number of carbonyl (C=O) groups is 2. The zero-order valence-corrected chi connectivity index (χ0v) is 14.7. The maximum atomic E-state index is 12.6. The number of benzene rings is 2. The molecule has 0 radical (unpaired) electrons. The van der Waals surface area contributed by atoms with Crippen LogP contribution in [0.5, 0.6) is 5.75 Å². The van der Waals surface area contributed by atoms with Gasteiger partial charge >= 0.3 is 0 Å². The normalized spacial score (nSPS) is 16.2. The summed E-state index contributed by atoms with van der Waals surface area (Å²) >= 11 is 0. The topological polar surface area (TPSA) is 58.6 Å². The van der Waals surface area contributed by atoms with Gasteiger partial charge in [0.2, 0.25) is 5.91 Å². The van der Waals surface area contributed by atoms with Gasteiger partial charge in [0.15, 0.2) is 6.10 Å². The van der Waals surface area contributed by atoms with Crippen molar-refractivity contribution in [2.24, 2.45) is 0 Å². The van der Waals surface area contributed by atoms with Gasteiger partial charge in [-0.3, -0.25) is 9.59 Å². The number of amides is 2. The standard InChI is InChI=1S/C20H22N2O3/c1-13(2)15-8-10-16(11-9-15)21-20(24)19-12-22(14(3)23)17-6-4-5-7-18(17)25-19/h4-11,13,19H,12H2,1-3H3,(H,21,24)/t19-/m0/s1. The minimum Gasteiger partial charge on any atom is -0.476 e. The highest BCUT2D eigenvalue weighted by Gasteiger charge is 2.32. The van der Waals surface area contributed by atoms with Crippen LogP contribution in [-0.2, 0) is 9.59 Å². The number of fused-ring (bicyclic) bond motifs is 1. The second kappa shape index (κ2) is 6.97. The van der Waals surface area contributed by atoms with E-state index in [2.05, 4.69) is 19.2 Å². The zero-order valence-electron chi connectivity index (χ0n) is 14.7. The van der Waals surface area contributed by atoms with Gasteiger partial charge in [-0.05, 0) is 35.7 Å². The summed E-state index contributed by atoms with van der Waals surface area (Å²) < 4.78 is 5.80. The van der Waals surface area contributed by atoms with Crippen molar-refractivity contribution in [1.82, 2.24) is 0 Å². The van der Waals surface area contributed by atoms with E-state index in [1.165, 1.54) is 12.5 Å². The van der Waals surface area contributed by atoms with Crippen LogP contribution in [-0.4, -0.2) is 24.5 Å². The number of ether oxygens (including phenoxy) is 1. The van der Waals surface area contributed by atoms with E-state index in [9.17, 15) is 9.59 Å². The molecule has 5 heteroatoms. The second-order valence-corrected chi connectivity index (χ2v) is 6.47. The largest absolute Gasteiger partial charge is 0.476 e. The summed E-state index contributed by atoms with van der Waals surface area (Å²) in [5, 5.41) is 2.87. The van der Waals surface area contributed by atoms with Crippen LogP contribution >= 0.6 is 0 Å². The molecule has 1 heterocycles. The van der Waals surface area contributed by atoms with E-state index in [-0.39, 0.29) is 18.4 Å². The average Bonchev–Trinajstić information content (AvgIpc) is 2.61. The molecule has 0 saturated heterocycles. The van der Waals surface area contributed by atoms with E-state index in [4.69, 9.17) is 4.74 Å². The van der Waals surface area contributed by atoms with Crippen molar-refractivity contribution in [1.29, 1.82) is 0 Å². The number of carbonyl (C=O) groups excluding carboxylic acids is 2. The van der Waals surface area contributed by atoms with Crippen molar-refractivity contribution in [2.45, 2.75) is 32.8 Å². The lowest BCUT2D eigenvalue weighted by Crippen LogP contribution is -2.48. The van der Waals surface area contributed by atoms with Crippen molar-refractivity contribution in [3.05, 3.63) is 54.1 Å². The maximum Gasteiger partial charge on any atom is 0.267 e. The van der Waals surface area contributed by atoms with Crippen molar-refractivity contribution in [3.8, 4) is 5.75 Å². The summed E-state index contributed by atoms with van der Waals surface area (Å²) in [4.78, 5) is 26.1. The predicted molar refractivity (Wildman–Crippen MR) is 98.0 cm³/mol. The molecule has 25 heavy (non-hydrogen) atoms. The summed E-state index contributed by atoms with van der Waals surface area (Å²) in [6, 6.07) is 15.0. The molecule has 1 aliphatic rings. The van der Waals surface area contributed by atoms with Crippen LogP contribution in [0.2, 0.25) is 0 Å². The Balaban J connectivity index is 1.75. The SMILES string of the molecule is CC(=O)N1C[C@@H](C(=O)Nc2ccc(C(C)C)cc2)Oc2ccccc21. The van der Waals surface area contributed by atoms with Gasteiger partial charge in [-0.25, -0.2) is 0 Å². The van der Waals surface area contributed by atoms with E-state index in [0.717, 1.165) is 0 Å². The third-order valence-electron chi connectivity index (χ3n) is 4.29. The number of nitrogens with one attached hydrogen (secondary N) is 1. The lowest BCUT2D eigenvalue weighted by Gasteiger charge is -2.33. The minimum atomic E-state index is -0.747. The third kappa shape index (κ3) is 3.65. The van der Waals surface area contributed by atoms with Gasteiger partial charge in [0.25, 0.3) is 5.91 Å². The van der Waals surface area contributed by atoms with Crippen LogP contribution in [0, 0.1) is 0 Å². The number of nitrogens with zero attached hydrogens (tertiary/aromatic N) is 1. The molecule has 2 amide bonds. The molecule has 0 aromatic heterocycles. The molecule has 1 atom stereocenters. The van der Waals surface area contributed by atoms with E-state index in [0.29, 0.717) is 23.0 Å². The van der Waals surface area contributed by atoms with Crippen molar-refractivity contribution in [2.75, 3.05) is 16.8 Å². The van der Waals surface area contributed by atoms with E-state index in [1.54, 1.807) is 11.0 Å². The molecule has 0 spiro atoms. The van der Waals surface area contributed by atoms with Crippen LogP contribution in [0.15, 0.2) is 48.5 Å². The smallest absolute Gasteiger partial charge is 0.267 e. The molecule has 0 aliphatic carbocycles. The monoisotopic (exact) mass is 338 g/mol. The van der Waals surface area contributed by atoms with Gasteiger partial charge in [-0.1, -0.05) is 38.1 Å². The van der Waals surface area contributed by atoms with Crippen molar-refractivity contribution >= 4 is 23.2 Å². The van der Waals surface area contributed by atoms with Gasteiger partial charge in [0.05, 0.1) is 12.2 Å². The average molecular weight is 338 g/mol. The van der Waals surface area contributed by atoms with Crippen LogP contribution in [0.1, 0.15) is 32.3 Å². The first-order chi connectivity index (χ1) is 12.0. The molecule has 3 rings (SSSR count). The molecular formula is C20H22N2O3. The van der Waals surface area contributed by atoms with Crippen molar-refractivity contribution in [3.63, 3.8) is 0 Å². The first-order valence-electron chi connectivity index (χ1n) is 8.40. The van der Waals surface area contributed by atoms with Gasteiger partial charge in [0.1, 0.15) is 5.75 Å². The Morgan fingerprint density at radius 2 is 1.80 bits per heavy atom. The Morgan fingerprint density at radius 1 is 1.12 bits per heavy atom. The Morgan fingerprint density at radius 3 is 2.44 bits per heavy atom. The quantitative estimate of drug-likeness (QED) is 0.931. The molecule has 0 fully saturated rings. The van der Waals surface area contributed by atoms with Crippen LogP contribution < -0.4 is 15.0 Å². The van der Waals surface area contributed by atoms with Gasteiger partial charge in [-0.15, -0.1) is 0 Å². The lowest BCUT2D eigenvalue weighted by atomic mass is 10.0. The highest BCUT2D eigenvalue weighted by atomic mass is 16.5. The Kier molecular flexibility index (Phi) is 4.74. The fourth-order valence-electron chi connectivity index (χ4n) is 2.84. The molecule has 130 valence electrons. The van der Waals surface area contributed by atoms with Crippen LogP contribution in [0.3, 0.4) is 0 Å². The fourth-order valence-corrected chi connectivity index (χ4v) is 2.84. The highest BCUT2D eigenvalue weighted by molar-refractivity contribution is 5.99. The molecule has 0 unspecified atom stereocenters. The van der Waals surface area contributed by atoms with Gasteiger partial charge < -0.3 is 15.0 Å². The molecular weight excluding hydrogens is 316 g/mol. The molecule has 5 nitrogen and oxygen atoms in total. The first-order valence-corrected chi connectivity index (χ1v) is 8.40. The molecule has 0 bridgehead atoms. The van der Waals surface area contributed by atoms with Crippen molar-refractivity contribution < 1.29 is 14.3 Å². The molecule has 1 N–H and O–H groups in total. The van der Waals surface area contributed by atoms with Crippen LogP contribution in [0.4, 0.5) is 11.4 Å². The third-order valence-corrected chi connectivity index (χ3v) is 4.29. The zero-order chi connectivity index (χ0) is 18.0. The summed E-state index contributed by atoms with van der Waals surface area (Å²) in [7, 11) is 0. The molecule has 2 aromatic rings. The van der Waals surface area contributed by atoms with Crippen LogP contribution in [0.25, 0.3) is 0 Å². The summed E-state index contributed by atoms with van der Waals surface area (Å²) in [5.41, 5.74) is 2.62. The second-order valence-electron chi connectivity index (χ2n) is 6.47. The Hall–Kier alpha value is -2.82. The Labute approximate surface area is 147 Å². The maximum absolute atomic E-state index is 12.6. The molecule has 2 aromatic carbocycles. The lowest BCUT2D eigenvalue weighted by molar-refractivity contribution is -0.123. The number of hydrogen-bond acceptors (Lipinski definition) is 3. The fraction of sp³-hybridized carbons (Fsp3) is 0.300. The summed E-state index contributed by atoms with van der Waals surface area (Å²) in [5.74, 6) is 0.596. The molecule has 1 aliphatic heterocycles. The molecule has 0 saturated carbocycles. The van der Waals surface area contributed by atoms with E-state index < -0.39 is 6.10 Å². The van der Waals surface area contributed by atoms with E-state index >= 15 is 0 Å². The Bertz CT molecular complexity index is 784. The predicted octanol–water partition coefficient (Wildman–Crippen LogP) is 3.56.